The van der Waals surface area contributed by atoms with E-state index >= 15 is 0 Å². The zero-order valence-electron chi connectivity index (χ0n) is 12.0. The lowest BCUT2D eigenvalue weighted by molar-refractivity contribution is 0.195. The second-order valence-electron chi connectivity index (χ2n) is 4.67. The molecule has 2 N–H and O–H groups in total. The van der Waals surface area contributed by atoms with Crippen molar-refractivity contribution in [3.63, 3.8) is 0 Å². The van der Waals surface area contributed by atoms with Crippen LogP contribution in [0.3, 0.4) is 0 Å². The lowest BCUT2D eigenvalue weighted by Crippen LogP contribution is -2.29. The van der Waals surface area contributed by atoms with Crippen LogP contribution in [0.1, 0.15) is 5.56 Å². The topological polar surface area (TPSA) is 102 Å². The molecule has 0 aliphatic heterocycles. The number of rotatable bonds is 5. The van der Waals surface area contributed by atoms with Gasteiger partial charge in [-0.3, -0.25) is 0 Å². The number of carbonyl (C=O) groups is 1. The van der Waals surface area contributed by atoms with Gasteiger partial charge in [0.05, 0.1) is 24.8 Å². The molecule has 0 aromatic carbocycles. The summed E-state index contributed by atoms with van der Waals surface area (Å²) in [6.07, 6.45) is 1.78. The molecule has 1 amide bonds. The standard InChI is InChI=1S/C13H13BrFN5O3/c1-8-2-10(5-16-11(8)14)19-7-18-20(13(19)23)6-9(3-15)4-17-12(21)22/h2-3,5,7,17H,4,6H2,1H3,(H,21,22)/b9-3+. The third-order valence-electron chi connectivity index (χ3n) is 2.99. The molecule has 2 heterocycles. The highest BCUT2D eigenvalue weighted by Crippen LogP contribution is 2.15. The third-order valence-corrected chi connectivity index (χ3v) is 3.82. The van der Waals surface area contributed by atoms with Gasteiger partial charge in [0, 0.05) is 6.54 Å². The average molecular weight is 386 g/mol. The maximum absolute atomic E-state index is 12.8. The summed E-state index contributed by atoms with van der Waals surface area (Å²) in [4.78, 5) is 26.8. The van der Waals surface area contributed by atoms with Gasteiger partial charge in [-0.1, -0.05) is 0 Å². The summed E-state index contributed by atoms with van der Waals surface area (Å²) < 4.78 is 15.8. The second kappa shape index (κ2) is 7.18. The molecule has 0 atom stereocenters. The molecule has 2 aromatic rings. The average Bonchev–Trinajstić information content (AvgIpc) is 2.87. The van der Waals surface area contributed by atoms with E-state index < -0.39 is 11.8 Å². The minimum atomic E-state index is -1.28. The van der Waals surface area contributed by atoms with Crippen LogP contribution in [0.2, 0.25) is 0 Å². The van der Waals surface area contributed by atoms with Gasteiger partial charge in [-0.05, 0) is 40.1 Å². The van der Waals surface area contributed by atoms with Crippen LogP contribution in [0.4, 0.5) is 9.18 Å². The Labute approximate surface area is 138 Å². The largest absolute Gasteiger partial charge is 0.465 e. The predicted octanol–water partition coefficient (Wildman–Crippen LogP) is 1.62. The smallest absolute Gasteiger partial charge is 0.404 e. The first-order chi connectivity index (χ1) is 10.9. The zero-order chi connectivity index (χ0) is 17.0. The zero-order valence-corrected chi connectivity index (χ0v) is 13.6. The van der Waals surface area contributed by atoms with Gasteiger partial charge in [0.15, 0.2) is 0 Å². The Morgan fingerprint density at radius 1 is 1.57 bits per heavy atom. The van der Waals surface area contributed by atoms with E-state index in [1.165, 1.54) is 17.1 Å². The molecule has 10 heteroatoms. The van der Waals surface area contributed by atoms with Gasteiger partial charge in [-0.15, -0.1) is 0 Å². The molecule has 0 aliphatic carbocycles. The first kappa shape index (κ1) is 16.9. The van der Waals surface area contributed by atoms with Gasteiger partial charge in [-0.25, -0.2) is 28.2 Å². The van der Waals surface area contributed by atoms with Crippen LogP contribution in [0.15, 0.2) is 39.9 Å². The van der Waals surface area contributed by atoms with Gasteiger partial charge in [0.2, 0.25) is 0 Å². The Morgan fingerprint density at radius 2 is 2.30 bits per heavy atom. The van der Waals surface area contributed by atoms with E-state index in [1.54, 1.807) is 6.07 Å². The number of hydrogen-bond donors (Lipinski definition) is 2. The summed E-state index contributed by atoms with van der Waals surface area (Å²) in [5.74, 6) is 0. The van der Waals surface area contributed by atoms with E-state index in [-0.39, 0.29) is 25.0 Å². The number of nitrogens with zero attached hydrogens (tertiary/aromatic N) is 4. The molecule has 0 bridgehead atoms. The minimum Gasteiger partial charge on any atom is -0.465 e. The van der Waals surface area contributed by atoms with E-state index in [0.717, 1.165) is 10.2 Å². The van der Waals surface area contributed by atoms with Gasteiger partial charge in [-0.2, -0.15) is 5.10 Å². The number of halogens is 2. The highest BCUT2D eigenvalue weighted by molar-refractivity contribution is 9.10. The molecule has 0 aliphatic rings. The molecule has 0 saturated heterocycles. The van der Waals surface area contributed by atoms with Crippen LogP contribution < -0.4 is 11.0 Å². The second-order valence-corrected chi connectivity index (χ2v) is 5.42. The molecule has 2 aromatic heterocycles. The number of carboxylic acid groups (broad SMARTS) is 1. The van der Waals surface area contributed by atoms with Crippen LogP contribution in [0, 0.1) is 6.92 Å². The summed E-state index contributed by atoms with van der Waals surface area (Å²) in [6.45, 7) is 1.44. The lowest BCUT2D eigenvalue weighted by Gasteiger charge is -2.05. The number of nitrogens with one attached hydrogen (secondary N) is 1. The van der Waals surface area contributed by atoms with Crippen molar-refractivity contribution in [1.29, 1.82) is 0 Å². The first-order valence-electron chi connectivity index (χ1n) is 6.44. The van der Waals surface area contributed by atoms with E-state index in [9.17, 15) is 14.0 Å². The summed E-state index contributed by atoms with van der Waals surface area (Å²) in [5, 5.41) is 14.5. The van der Waals surface area contributed by atoms with E-state index in [0.29, 0.717) is 10.3 Å². The number of hydrogen-bond acceptors (Lipinski definition) is 4. The van der Waals surface area contributed by atoms with Gasteiger partial charge in [0.25, 0.3) is 0 Å². The fraction of sp³-hybridized carbons (Fsp3) is 0.231. The van der Waals surface area contributed by atoms with Crippen LogP contribution in [0.5, 0.6) is 0 Å². The molecular formula is C13H13BrFN5O3. The molecule has 0 fully saturated rings. The van der Waals surface area contributed by atoms with Crippen LogP contribution >= 0.6 is 15.9 Å². The molecular weight excluding hydrogens is 373 g/mol. The van der Waals surface area contributed by atoms with Crippen molar-refractivity contribution in [3.8, 4) is 5.69 Å². The Kier molecular flexibility index (Phi) is 5.27. The highest BCUT2D eigenvalue weighted by Gasteiger charge is 2.11. The quantitative estimate of drug-likeness (QED) is 0.761. The summed E-state index contributed by atoms with van der Waals surface area (Å²) in [6, 6.07) is 1.75. The molecule has 2 rings (SSSR count). The molecule has 0 unspecified atom stereocenters. The molecule has 122 valence electrons. The first-order valence-corrected chi connectivity index (χ1v) is 7.23. The van der Waals surface area contributed by atoms with Gasteiger partial charge < -0.3 is 10.4 Å². The molecule has 0 radical (unpaired) electrons. The van der Waals surface area contributed by atoms with E-state index in [2.05, 4.69) is 26.0 Å². The predicted molar refractivity (Wildman–Crippen MR) is 83.3 cm³/mol. The van der Waals surface area contributed by atoms with Crippen molar-refractivity contribution in [2.24, 2.45) is 0 Å². The Hall–Kier alpha value is -2.49. The maximum atomic E-state index is 12.8. The maximum Gasteiger partial charge on any atom is 0.404 e. The Balaban J connectivity index is 2.23. The number of pyridine rings is 1. The van der Waals surface area contributed by atoms with E-state index in [1.807, 2.05) is 12.2 Å². The highest BCUT2D eigenvalue weighted by atomic mass is 79.9. The summed E-state index contributed by atoms with van der Waals surface area (Å²) in [5.41, 5.74) is 0.960. The van der Waals surface area contributed by atoms with Crippen molar-refractivity contribution < 1.29 is 14.3 Å². The molecule has 23 heavy (non-hydrogen) atoms. The third kappa shape index (κ3) is 4.03. The normalized spacial score (nSPS) is 11.5. The van der Waals surface area contributed by atoms with Gasteiger partial charge >= 0.3 is 11.8 Å². The molecule has 8 nitrogen and oxygen atoms in total. The Morgan fingerprint density at radius 3 is 2.91 bits per heavy atom. The van der Waals surface area contributed by atoms with Crippen molar-refractivity contribution in [3.05, 3.63) is 51.1 Å². The molecule has 0 spiro atoms. The van der Waals surface area contributed by atoms with Crippen molar-refractivity contribution in [2.75, 3.05) is 6.54 Å². The fourth-order valence-electron chi connectivity index (χ4n) is 1.81. The van der Waals surface area contributed by atoms with Crippen molar-refractivity contribution in [2.45, 2.75) is 13.5 Å². The lowest BCUT2D eigenvalue weighted by atomic mass is 10.3. The van der Waals surface area contributed by atoms with Crippen LogP contribution in [-0.4, -0.2) is 37.1 Å². The number of aromatic nitrogens is 4. The van der Waals surface area contributed by atoms with E-state index in [4.69, 9.17) is 5.11 Å². The fourth-order valence-corrected chi connectivity index (χ4v) is 2.03. The molecule has 0 saturated carbocycles. The summed E-state index contributed by atoms with van der Waals surface area (Å²) in [7, 11) is 0. The minimum absolute atomic E-state index is 0.0739. The van der Waals surface area contributed by atoms with Crippen LogP contribution in [-0.2, 0) is 6.54 Å². The van der Waals surface area contributed by atoms with Gasteiger partial charge in [0.1, 0.15) is 10.9 Å². The number of amides is 1. The summed E-state index contributed by atoms with van der Waals surface area (Å²) >= 11 is 3.27. The SMILES string of the molecule is Cc1cc(-n2cnn(C/C(=C/F)CNC(=O)O)c2=O)cnc1Br. The monoisotopic (exact) mass is 385 g/mol. The number of aryl methyl sites for hydroxylation is 1. The van der Waals surface area contributed by atoms with Crippen molar-refractivity contribution in [1.82, 2.24) is 24.6 Å². The van der Waals surface area contributed by atoms with Crippen LogP contribution in [0.25, 0.3) is 5.69 Å². The van der Waals surface area contributed by atoms with Crippen molar-refractivity contribution >= 4 is 22.0 Å². The Bertz CT molecular complexity index is 814.